The highest BCUT2D eigenvalue weighted by Crippen LogP contribution is 2.29. The Morgan fingerprint density at radius 1 is 1.33 bits per heavy atom. The topological polar surface area (TPSA) is 136 Å². The number of aromatic nitrogens is 1. The smallest absolute Gasteiger partial charge is 0.268 e. The van der Waals surface area contributed by atoms with Crippen molar-refractivity contribution in [3.63, 3.8) is 0 Å². The summed E-state index contributed by atoms with van der Waals surface area (Å²) in [7, 11) is 1.34. The number of halogens is 1. The van der Waals surface area contributed by atoms with E-state index in [1.54, 1.807) is 0 Å². The molecule has 10 heteroatoms. The van der Waals surface area contributed by atoms with Crippen molar-refractivity contribution in [2.24, 2.45) is 11.8 Å². The van der Waals surface area contributed by atoms with E-state index in [2.05, 4.69) is 20.9 Å². The number of ether oxygens (including phenoxy) is 1. The largest absolute Gasteiger partial charge is 0.493 e. The molecule has 176 valence electrons. The molecule has 1 aliphatic heterocycles. The SMILES string of the molecule is COc1c(F)ccc2[nH]c(C(=O)N[C@@H](CC(C)C)C(=O)N[C@H](C#N)C[C@@H]3CCNC3=O)cc12. The van der Waals surface area contributed by atoms with Crippen molar-refractivity contribution in [3.05, 3.63) is 29.7 Å². The maximum absolute atomic E-state index is 14.0. The van der Waals surface area contributed by atoms with E-state index in [0.29, 0.717) is 30.3 Å². The third-order valence-corrected chi connectivity index (χ3v) is 5.64. The standard InChI is InChI=1S/C23H28FN5O4/c1-12(2)8-18(22(31)27-14(11-25)9-13-6-7-26-21(13)30)29-23(32)19-10-15-17(28-19)5-4-16(24)20(15)33-3/h4-5,10,12-14,18,28H,6-9H2,1-3H3,(H,26,30)(H,27,31)(H,29,32)/t13-,14-,18-/m0/s1. The number of hydrogen-bond acceptors (Lipinski definition) is 5. The zero-order valence-corrected chi connectivity index (χ0v) is 18.8. The van der Waals surface area contributed by atoms with Gasteiger partial charge in [0, 0.05) is 23.4 Å². The Morgan fingerprint density at radius 2 is 2.09 bits per heavy atom. The van der Waals surface area contributed by atoms with Crippen molar-refractivity contribution in [1.82, 2.24) is 20.9 Å². The fraction of sp³-hybridized carbons (Fsp3) is 0.478. The number of hydrogen-bond donors (Lipinski definition) is 4. The van der Waals surface area contributed by atoms with Gasteiger partial charge in [-0.05, 0) is 43.4 Å². The molecule has 33 heavy (non-hydrogen) atoms. The highest BCUT2D eigenvalue weighted by molar-refractivity contribution is 6.01. The molecule has 9 nitrogen and oxygen atoms in total. The number of aromatic amines is 1. The monoisotopic (exact) mass is 457 g/mol. The fourth-order valence-corrected chi connectivity index (χ4v) is 3.99. The summed E-state index contributed by atoms with van der Waals surface area (Å²) in [5.74, 6) is -1.94. The minimum atomic E-state index is -0.893. The van der Waals surface area contributed by atoms with Crippen LogP contribution in [0.25, 0.3) is 10.9 Å². The summed E-state index contributed by atoms with van der Waals surface area (Å²) in [6, 6.07) is 4.49. The zero-order valence-electron chi connectivity index (χ0n) is 18.8. The van der Waals surface area contributed by atoms with Gasteiger partial charge in [-0.15, -0.1) is 0 Å². The molecular weight excluding hydrogens is 429 g/mol. The van der Waals surface area contributed by atoms with Crippen LogP contribution in [0.15, 0.2) is 18.2 Å². The van der Waals surface area contributed by atoms with Gasteiger partial charge in [-0.2, -0.15) is 5.26 Å². The van der Waals surface area contributed by atoms with Crippen LogP contribution in [-0.2, 0) is 9.59 Å². The number of carbonyl (C=O) groups excluding carboxylic acids is 3. The predicted octanol–water partition coefficient (Wildman–Crippen LogP) is 1.99. The van der Waals surface area contributed by atoms with Crippen LogP contribution in [0.5, 0.6) is 5.75 Å². The minimum Gasteiger partial charge on any atom is -0.493 e. The van der Waals surface area contributed by atoms with E-state index in [-0.39, 0.29) is 35.6 Å². The molecule has 3 atom stereocenters. The van der Waals surface area contributed by atoms with Gasteiger partial charge in [-0.25, -0.2) is 4.39 Å². The number of nitrogens with zero attached hydrogens (tertiary/aromatic N) is 1. The van der Waals surface area contributed by atoms with Crippen LogP contribution in [0.3, 0.4) is 0 Å². The van der Waals surface area contributed by atoms with Crippen molar-refractivity contribution in [2.45, 2.75) is 45.2 Å². The maximum atomic E-state index is 14.0. The number of H-pyrrole nitrogens is 1. The molecular formula is C23H28FN5O4. The van der Waals surface area contributed by atoms with Gasteiger partial charge >= 0.3 is 0 Å². The number of methoxy groups -OCH3 is 1. The molecule has 2 heterocycles. The second-order valence-corrected chi connectivity index (χ2v) is 8.58. The van der Waals surface area contributed by atoms with Crippen molar-refractivity contribution < 1.29 is 23.5 Å². The quantitative estimate of drug-likeness (QED) is 0.457. The molecule has 1 fully saturated rings. The summed E-state index contributed by atoms with van der Waals surface area (Å²) in [6.07, 6.45) is 1.17. The normalized spacial score (nSPS) is 17.3. The van der Waals surface area contributed by atoms with Crippen molar-refractivity contribution in [2.75, 3.05) is 13.7 Å². The summed E-state index contributed by atoms with van der Waals surface area (Å²) in [5.41, 5.74) is 0.664. The Balaban J connectivity index is 1.73. The van der Waals surface area contributed by atoms with E-state index in [4.69, 9.17) is 4.74 Å². The van der Waals surface area contributed by atoms with Gasteiger partial charge in [-0.3, -0.25) is 14.4 Å². The molecule has 0 radical (unpaired) electrons. The lowest BCUT2D eigenvalue weighted by Crippen LogP contribution is -2.50. The molecule has 1 aromatic carbocycles. The Labute approximate surface area is 191 Å². The molecule has 3 rings (SSSR count). The van der Waals surface area contributed by atoms with Gasteiger partial charge in [0.15, 0.2) is 11.6 Å². The van der Waals surface area contributed by atoms with Gasteiger partial charge < -0.3 is 25.7 Å². The lowest BCUT2D eigenvalue weighted by atomic mass is 9.98. The first-order valence-corrected chi connectivity index (χ1v) is 10.9. The van der Waals surface area contributed by atoms with Crippen molar-refractivity contribution in [1.29, 1.82) is 5.26 Å². The first kappa shape index (κ1) is 24.0. The number of rotatable bonds is 9. The van der Waals surface area contributed by atoms with Crippen LogP contribution in [-0.4, -0.2) is 48.4 Å². The predicted molar refractivity (Wildman–Crippen MR) is 119 cm³/mol. The Hall–Kier alpha value is -3.61. The molecule has 3 amide bonds. The number of amides is 3. The highest BCUT2D eigenvalue weighted by Gasteiger charge is 2.30. The lowest BCUT2D eigenvalue weighted by molar-refractivity contribution is -0.125. The van der Waals surface area contributed by atoms with Crippen LogP contribution in [0.1, 0.15) is 43.6 Å². The van der Waals surface area contributed by atoms with Crippen LogP contribution in [0.2, 0.25) is 0 Å². The Kier molecular flexibility index (Phi) is 7.53. The van der Waals surface area contributed by atoms with Gasteiger partial charge in [-0.1, -0.05) is 13.8 Å². The van der Waals surface area contributed by atoms with Gasteiger partial charge in [0.1, 0.15) is 17.8 Å². The van der Waals surface area contributed by atoms with Gasteiger partial charge in [0.05, 0.1) is 13.2 Å². The Morgan fingerprint density at radius 3 is 2.70 bits per heavy atom. The summed E-state index contributed by atoms with van der Waals surface area (Å²) < 4.78 is 19.1. The molecule has 0 bridgehead atoms. The molecule has 1 aromatic heterocycles. The van der Waals surface area contributed by atoms with E-state index in [9.17, 15) is 24.0 Å². The second kappa shape index (κ2) is 10.3. The molecule has 2 aromatic rings. The Bertz CT molecular complexity index is 1090. The highest BCUT2D eigenvalue weighted by atomic mass is 19.1. The summed E-state index contributed by atoms with van der Waals surface area (Å²) in [4.78, 5) is 40.5. The molecule has 0 spiro atoms. The van der Waals surface area contributed by atoms with E-state index >= 15 is 0 Å². The van der Waals surface area contributed by atoms with E-state index in [1.807, 2.05) is 19.9 Å². The van der Waals surface area contributed by atoms with Gasteiger partial charge in [0.25, 0.3) is 5.91 Å². The summed E-state index contributed by atoms with van der Waals surface area (Å²) >= 11 is 0. The van der Waals surface area contributed by atoms with Crippen LogP contribution < -0.4 is 20.7 Å². The maximum Gasteiger partial charge on any atom is 0.268 e. The van der Waals surface area contributed by atoms with Crippen molar-refractivity contribution in [3.8, 4) is 11.8 Å². The number of fused-ring (bicyclic) bond motifs is 1. The molecule has 4 N–H and O–H groups in total. The fourth-order valence-electron chi connectivity index (χ4n) is 3.99. The molecule has 1 aliphatic rings. The second-order valence-electron chi connectivity index (χ2n) is 8.58. The third-order valence-electron chi connectivity index (χ3n) is 5.64. The molecule has 0 unspecified atom stereocenters. The first-order chi connectivity index (χ1) is 15.7. The minimum absolute atomic E-state index is 0.0204. The number of carbonyl (C=O) groups is 3. The molecule has 0 aliphatic carbocycles. The number of nitriles is 1. The third kappa shape index (κ3) is 5.61. The van der Waals surface area contributed by atoms with E-state index in [0.717, 1.165) is 0 Å². The summed E-state index contributed by atoms with van der Waals surface area (Å²) in [5, 5.41) is 17.9. The van der Waals surface area contributed by atoms with Crippen LogP contribution >= 0.6 is 0 Å². The molecule has 1 saturated heterocycles. The van der Waals surface area contributed by atoms with Crippen LogP contribution in [0.4, 0.5) is 4.39 Å². The summed E-state index contributed by atoms with van der Waals surface area (Å²) in [6.45, 7) is 4.38. The number of nitrogens with one attached hydrogen (secondary N) is 4. The van der Waals surface area contributed by atoms with E-state index < -0.39 is 29.7 Å². The number of benzene rings is 1. The van der Waals surface area contributed by atoms with E-state index in [1.165, 1.54) is 25.3 Å². The van der Waals surface area contributed by atoms with Crippen LogP contribution in [0, 0.1) is 29.0 Å². The average molecular weight is 458 g/mol. The lowest BCUT2D eigenvalue weighted by Gasteiger charge is -2.22. The average Bonchev–Trinajstić information content (AvgIpc) is 3.38. The van der Waals surface area contributed by atoms with Gasteiger partial charge in [0.2, 0.25) is 11.8 Å². The first-order valence-electron chi connectivity index (χ1n) is 10.9. The zero-order chi connectivity index (χ0) is 24.1. The molecule has 0 saturated carbocycles. The van der Waals surface area contributed by atoms with Crippen molar-refractivity contribution >= 4 is 28.6 Å².